The maximum absolute atomic E-state index is 12.8. The summed E-state index contributed by atoms with van der Waals surface area (Å²) in [7, 11) is 0. The lowest BCUT2D eigenvalue weighted by Gasteiger charge is -2.23. The zero-order valence-electron chi connectivity index (χ0n) is 16.1. The Morgan fingerprint density at radius 2 is 2.00 bits per heavy atom. The number of thiazole rings is 1. The van der Waals surface area contributed by atoms with E-state index in [-0.39, 0.29) is 24.4 Å². The van der Waals surface area contributed by atoms with Gasteiger partial charge in [0.15, 0.2) is 0 Å². The van der Waals surface area contributed by atoms with Gasteiger partial charge in [-0.3, -0.25) is 9.59 Å². The zero-order valence-corrected chi connectivity index (χ0v) is 16.9. The lowest BCUT2D eigenvalue weighted by molar-refractivity contribution is -0.131. The van der Waals surface area contributed by atoms with E-state index < -0.39 is 0 Å². The summed E-state index contributed by atoms with van der Waals surface area (Å²) in [5.74, 6) is -0.272. The molecule has 0 spiro atoms. The molecule has 1 aliphatic heterocycles. The minimum absolute atomic E-state index is 0.00317. The maximum Gasteiger partial charge on any atom is 0.251 e. The van der Waals surface area contributed by atoms with Crippen molar-refractivity contribution in [2.75, 3.05) is 13.1 Å². The third kappa shape index (κ3) is 3.64. The Morgan fingerprint density at radius 1 is 1.18 bits per heavy atom. The number of hydrogen-bond donors (Lipinski definition) is 1. The van der Waals surface area contributed by atoms with Crippen LogP contribution in [-0.4, -0.2) is 34.8 Å². The third-order valence-electron chi connectivity index (χ3n) is 5.34. The molecule has 4 rings (SSSR count). The molecule has 1 aliphatic rings. The summed E-state index contributed by atoms with van der Waals surface area (Å²) in [4.78, 5) is 31.8. The van der Waals surface area contributed by atoms with Crippen LogP contribution in [0.3, 0.4) is 0 Å². The van der Waals surface area contributed by atoms with E-state index in [0.717, 1.165) is 39.2 Å². The van der Waals surface area contributed by atoms with Crippen LogP contribution >= 0.6 is 11.3 Å². The van der Waals surface area contributed by atoms with Crippen molar-refractivity contribution in [3.05, 3.63) is 64.2 Å². The minimum atomic E-state index is -0.216. The van der Waals surface area contributed by atoms with Gasteiger partial charge in [0.1, 0.15) is 5.01 Å². The fraction of sp³-hybridized carbons (Fsp3) is 0.318. The number of para-hydroxylation sites is 1. The molecule has 5 nitrogen and oxygen atoms in total. The molecule has 1 N–H and O–H groups in total. The van der Waals surface area contributed by atoms with Gasteiger partial charge in [-0.15, -0.1) is 11.3 Å². The van der Waals surface area contributed by atoms with Gasteiger partial charge in [-0.05, 0) is 62.1 Å². The molecule has 1 atom stereocenters. The van der Waals surface area contributed by atoms with E-state index in [1.807, 2.05) is 49.1 Å². The summed E-state index contributed by atoms with van der Waals surface area (Å²) >= 11 is 1.65. The summed E-state index contributed by atoms with van der Waals surface area (Å²) < 4.78 is 1.14. The van der Waals surface area contributed by atoms with Crippen LogP contribution < -0.4 is 5.32 Å². The standard InChI is InChI=1S/C22H23N3O2S/c1-14-9-10-16(12-15(14)2)21(27)23-13-20(26)25-11-5-7-18(25)22-24-17-6-3-4-8-19(17)28-22/h3-4,6,8-10,12,18H,5,7,11,13H2,1-2H3,(H,23,27). The number of benzene rings is 2. The van der Waals surface area contributed by atoms with E-state index in [1.54, 1.807) is 17.4 Å². The number of aromatic nitrogens is 1. The van der Waals surface area contributed by atoms with Gasteiger partial charge in [-0.1, -0.05) is 18.2 Å². The monoisotopic (exact) mass is 393 g/mol. The van der Waals surface area contributed by atoms with Crippen molar-refractivity contribution in [1.29, 1.82) is 0 Å². The molecule has 1 aromatic heterocycles. The maximum atomic E-state index is 12.8. The second-order valence-electron chi connectivity index (χ2n) is 7.25. The molecule has 0 saturated carbocycles. The van der Waals surface area contributed by atoms with Crippen molar-refractivity contribution in [2.24, 2.45) is 0 Å². The molecule has 28 heavy (non-hydrogen) atoms. The highest BCUT2D eigenvalue weighted by atomic mass is 32.1. The van der Waals surface area contributed by atoms with Gasteiger partial charge in [-0.2, -0.15) is 0 Å². The third-order valence-corrected chi connectivity index (χ3v) is 6.48. The zero-order chi connectivity index (χ0) is 19.7. The van der Waals surface area contributed by atoms with Crippen LogP contribution in [0.25, 0.3) is 10.2 Å². The number of carbonyl (C=O) groups excluding carboxylic acids is 2. The molecule has 1 unspecified atom stereocenters. The van der Waals surface area contributed by atoms with Gasteiger partial charge < -0.3 is 10.2 Å². The van der Waals surface area contributed by atoms with Crippen molar-refractivity contribution in [3.8, 4) is 0 Å². The Kier molecular flexibility index (Phi) is 5.13. The van der Waals surface area contributed by atoms with Crippen molar-refractivity contribution in [1.82, 2.24) is 15.2 Å². The molecule has 2 heterocycles. The summed E-state index contributed by atoms with van der Waals surface area (Å²) in [6, 6.07) is 13.6. The van der Waals surface area contributed by atoms with Crippen LogP contribution in [0.4, 0.5) is 0 Å². The van der Waals surface area contributed by atoms with E-state index >= 15 is 0 Å². The number of amides is 2. The number of hydrogen-bond acceptors (Lipinski definition) is 4. The highest BCUT2D eigenvalue weighted by Gasteiger charge is 2.32. The Hall–Kier alpha value is -2.73. The predicted octanol–water partition coefficient (Wildman–Crippen LogP) is 4.01. The summed E-state index contributed by atoms with van der Waals surface area (Å²) in [6.07, 6.45) is 1.87. The Labute approximate surface area is 168 Å². The van der Waals surface area contributed by atoms with Crippen LogP contribution in [0.5, 0.6) is 0 Å². The minimum Gasteiger partial charge on any atom is -0.343 e. The number of carbonyl (C=O) groups is 2. The number of nitrogens with one attached hydrogen (secondary N) is 1. The molecular weight excluding hydrogens is 370 g/mol. The SMILES string of the molecule is Cc1ccc(C(=O)NCC(=O)N2CCCC2c2nc3ccccc3s2)cc1C. The average molecular weight is 394 g/mol. The normalized spacial score (nSPS) is 16.5. The van der Waals surface area contributed by atoms with Gasteiger partial charge in [0.05, 0.1) is 22.8 Å². The first-order valence-electron chi connectivity index (χ1n) is 9.53. The van der Waals surface area contributed by atoms with Crippen LogP contribution in [-0.2, 0) is 4.79 Å². The largest absolute Gasteiger partial charge is 0.343 e. The molecule has 6 heteroatoms. The summed E-state index contributed by atoms with van der Waals surface area (Å²) in [5.41, 5.74) is 3.77. The molecular formula is C22H23N3O2S. The molecule has 0 radical (unpaired) electrons. The second-order valence-corrected chi connectivity index (χ2v) is 8.31. The molecule has 1 saturated heterocycles. The lowest BCUT2D eigenvalue weighted by atomic mass is 10.1. The fourth-order valence-corrected chi connectivity index (χ4v) is 4.71. The van der Waals surface area contributed by atoms with Crippen molar-refractivity contribution in [2.45, 2.75) is 32.7 Å². The lowest BCUT2D eigenvalue weighted by Crippen LogP contribution is -2.39. The second kappa shape index (κ2) is 7.72. The quantitative estimate of drug-likeness (QED) is 0.729. The predicted molar refractivity (Wildman–Crippen MR) is 112 cm³/mol. The summed E-state index contributed by atoms with van der Waals surface area (Å²) in [6.45, 7) is 4.70. The molecule has 0 aliphatic carbocycles. The number of aryl methyl sites for hydroxylation is 2. The first-order valence-corrected chi connectivity index (χ1v) is 10.3. The van der Waals surface area contributed by atoms with E-state index in [0.29, 0.717) is 12.1 Å². The average Bonchev–Trinajstić information content (AvgIpc) is 3.34. The number of rotatable bonds is 4. The van der Waals surface area contributed by atoms with Gasteiger partial charge in [0.2, 0.25) is 5.91 Å². The van der Waals surface area contributed by atoms with E-state index in [1.165, 1.54) is 0 Å². The molecule has 0 bridgehead atoms. The van der Waals surface area contributed by atoms with Crippen molar-refractivity contribution < 1.29 is 9.59 Å². The van der Waals surface area contributed by atoms with Gasteiger partial charge in [0, 0.05) is 12.1 Å². The molecule has 2 amide bonds. The van der Waals surface area contributed by atoms with Crippen molar-refractivity contribution >= 4 is 33.4 Å². The van der Waals surface area contributed by atoms with E-state index in [2.05, 4.69) is 11.4 Å². The van der Waals surface area contributed by atoms with Crippen LogP contribution in [0.2, 0.25) is 0 Å². The molecule has 2 aromatic carbocycles. The Balaban J connectivity index is 1.43. The van der Waals surface area contributed by atoms with Crippen LogP contribution in [0, 0.1) is 13.8 Å². The topological polar surface area (TPSA) is 62.3 Å². The molecule has 3 aromatic rings. The number of likely N-dealkylation sites (tertiary alicyclic amines) is 1. The van der Waals surface area contributed by atoms with E-state index in [9.17, 15) is 9.59 Å². The van der Waals surface area contributed by atoms with Crippen LogP contribution in [0.1, 0.15) is 45.4 Å². The van der Waals surface area contributed by atoms with Gasteiger partial charge in [0.25, 0.3) is 5.91 Å². The van der Waals surface area contributed by atoms with E-state index in [4.69, 9.17) is 4.98 Å². The number of nitrogens with zero attached hydrogens (tertiary/aromatic N) is 2. The van der Waals surface area contributed by atoms with Gasteiger partial charge in [-0.25, -0.2) is 4.98 Å². The highest BCUT2D eigenvalue weighted by Crippen LogP contribution is 2.36. The fourth-order valence-electron chi connectivity index (χ4n) is 3.60. The first-order chi connectivity index (χ1) is 13.5. The molecule has 144 valence electrons. The Morgan fingerprint density at radius 3 is 2.79 bits per heavy atom. The summed E-state index contributed by atoms with van der Waals surface area (Å²) in [5, 5.41) is 3.75. The number of fused-ring (bicyclic) bond motifs is 1. The first kappa shape index (κ1) is 18.6. The van der Waals surface area contributed by atoms with Crippen LogP contribution in [0.15, 0.2) is 42.5 Å². The van der Waals surface area contributed by atoms with Crippen molar-refractivity contribution in [3.63, 3.8) is 0 Å². The van der Waals surface area contributed by atoms with Gasteiger partial charge >= 0.3 is 0 Å². The smallest absolute Gasteiger partial charge is 0.251 e. The highest BCUT2D eigenvalue weighted by molar-refractivity contribution is 7.18. The Bertz CT molecular complexity index is 1010. The molecule has 1 fully saturated rings.